The van der Waals surface area contributed by atoms with Crippen LogP contribution in [0.1, 0.15) is 50.7 Å². The molecule has 6 aromatic rings. The van der Waals surface area contributed by atoms with Gasteiger partial charge in [0, 0.05) is 39.7 Å². The van der Waals surface area contributed by atoms with Crippen molar-refractivity contribution in [2.45, 2.75) is 52.4 Å². The molecule has 0 atom stereocenters. The molecule has 0 unspecified atom stereocenters. The minimum atomic E-state index is 1.19. The molecule has 2 aromatic carbocycles. The summed E-state index contributed by atoms with van der Waals surface area (Å²) >= 11 is 7.74. The third kappa shape index (κ3) is 3.95. The van der Waals surface area contributed by atoms with E-state index >= 15 is 0 Å². The third-order valence-electron chi connectivity index (χ3n) is 6.70. The average molecular weight is 517 g/mol. The zero-order valence-corrected chi connectivity index (χ0v) is 22.9. The van der Waals surface area contributed by atoms with E-state index in [9.17, 15) is 0 Å². The van der Waals surface area contributed by atoms with Gasteiger partial charge in [-0.15, -0.1) is 45.3 Å². The van der Waals surface area contributed by atoms with Crippen LogP contribution in [0.2, 0.25) is 0 Å². The molecule has 0 radical (unpaired) electrons. The molecule has 0 N–H and O–H groups in total. The fraction of sp³-hybridized carbons (Fsp3) is 0.267. The Morgan fingerprint density at radius 3 is 1.50 bits per heavy atom. The van der Waals surface area contributed by atoms with Crippen molar-refractivity contribution in [2.75, 3.05) is 0 Å². The SMILES string of the molecule is CCCCc1ccsc1-c1cc2ccc3c(ccc4cc(-c5sccc5CCCC)sc43)c2s1. The first kappa shape index (κ1) is 22.5. The highest BCUT2D eigenvalue weighted by Gasteiger charge is 2.16. The number of aryl methyl sites for hydroxylation is 2. The molecule has 6 rings (SSSR count). The van der Waals surface area contributed by atoms with Gasteiger partial charge in [-0.1, -0.05) is 51.0 Å². The van der Waals surface area contributed by atoms with Crippen molar-refractivity contribution in [3.8, 4) is 19.5 Å². The van der Waals surface area contributed by atoms with Crippen molar-refractivity contribution < 1.29 is 0 Å². The Hall–Kier alpha value is -1.98. The predicted octanol–water partition coefficient (Wildman–Crippen LogP) is 11.4. The van der Waals surface area contributed by atoms with Crippen LogP contribution in [0.25, 0.3) is 50.5 Å². The van der Waals surface area contributed by atoms with Gasteiger partial charge in [-0.3, -0.25) is 0 Å². The van der Waals surface area contributed by atoms with E-state index in [1.54, 1.807) is 0 Å². The smallest absolute Gasteiger partial charge is 0.0474 e. The molecule has 0 nitrogen and oxygen atoms in total. The summed E-state index contributed by atoms with van der Waals surface area (Å²) in [5, 5.41) is 10.1. The largest absolute Gasteiger partial charge is 0.143 e. The molecule has 0 aliphatic heterocycles. The monoisotopic (exact) mass is 516 g/mol. The van der Waals surface area contributed by atoms with Gasteiger partial charge < -0.3 is 0 Å². The third-order valence-corrected chi connectivity index (χ3v) is 11.3. The molecule has 0 amide bonds. The summed E-state index contributed by atoms with van der Waals surface area (Å²) in [4.78, 5) is 5.80. The lowest BCUT2D eigenvalue weighted by Crippen LogP contribution is -1.82. The number of unbranched alkanes of at least 4 members (excludes halogenated alkanes) is 2. The van der Waals surface area contributed by atoms with Crippen molar-refractivity contribution in [2.24, 2.45) is 0 Å². The number of hydrogen-bond acceptors (Lipinski definition) is 4. The van der Waals surface area contributed by atoms with E-state index in [0.717, 1.165) is 0 Å². The molecule has 0 saturated heterocycles. The lowest BCUT2D eigenvalue weighted by atomic mass is 10.1. The maximum absolute atomic E-state index is 2.41. The van der Waals surface area contributed by atoms with Gasteiger partial charge in [0.2, 0.25) is 0 Å². The molecule has 0 fully saturated rings. The van der Waals surface area contributed by atoms with Crippen LogP contribution in [-0.2, 0) is 12.8 Å². The quantitative estimate of drug-likeness (QED) is 0.189. The lowest BCUT2D eigenvalue weighted by Gasteiger charge is -2.01. The van der Waals surface area contributed by atoms with E-state index in [-0.39, 0.29) is 0 Å². The molecule has 34 heavy (non-hydrogen) atoms. The van der Waals surface area contributed by atoms with Crippen LogP contribution < -0.4 is 0 Å². The molecular formula is C30H28S4. The van der Waals surface area contributed by atoms with Crippen LogP contribution in [-0.4, -0.2) is 0 Å². The summed E-state index contributed by atoms with van der Waals surface area (Å²) in [6.07, 6.45) is 7.40. The second-order valence-corrected chi connectivity index (χ2v) is 13.0. The molecule has 172 valence electrons. The van der Waals surface area contributed by atoms with Gasteiger partial charge in [0.25, 0.3) is 0 Å². The minimum Gasteiger partial charge on any atom is -0.143 e. The van der Waals surface area contributed by atoms with Crippen LogP contribution in [0.3, 0.4) is 0 Å². The van der Waals surface area contributed by atoms with Crippen LogP contribution in [0.5, 0.6) is 0 Å². The van der Waals surface area contributed by atoms with Crippen molar-refractivity contribution >= 4 is 76.3 Å². The Balaban J connectivity index is 1.45. The summed E-state index contributed by atoms with van der Waals surface area (Å²) in [5.74, 6) is 0. The van der Waals surface area contributed by atoms with Gasteiger partial charge in [-0.05, 0) is 82.6 Å². The number of thiophene rings is 4. The topological polar surface area (TPSA) is 0 Å². The Morgan fingerprint density at radius 2 is 1.06 bits per heavy atom. The first-order chi connectivity index (χ1) is 16.8. The van der Waals surface area contributed by atoms with Gasteiger partial charge in [0.05, 0.1) is 0 Å². The van der Waals surface area contributed by atoms with Gasteiger partial charge >= 0.3 is 0 Å². The van der Waals surface area contributed by atoms with Gasteiger partial charge in [0.15, 0.2) is 0 Å². The first-order valence-corrected chi connectivity index (χ1v) is 15.7. The van der Waals surface area contributed by atoms with E-state index < -0.39 is 0 Å². The van der Waals surface area contributed by atoms with Gasteiger partial charge in [-0.25, -0.2) is 0 Å². The summed E-state index contributed by atoms with van der Waals surface area (Å²) in [6, 6.07) is 18.9. The number of rotatable bonds is 8. The van der Waals surface area contributed by atoms with Crippen molar-refractivity contribution in [1.82, 2.24) is 0 Å². The molecule has 0 aliphatic rings. The molecule has 4 heteroatoms. The summed E-state index contributed by atoms with van der Waals surface area (Å²) in [5.41, 5.74) is 3.03. The van der Waals surface area contributed by atoms with E-state index in [0.29, 0.717) is 0 Å². The fourth-order valence-electron chi connectivity index (χ4n) is 4.86. The standard InChI is InChI=1S/C30H28S4/c1-3-5-7-19-13-15-31-29(19)25-17-21-9-11-24-23(27(21)33-25)12-10-22-18-26(34-28(22)24)30-20(8-6-4-2)14-16-32-30/h9-18H,3-8H2,1-2H3. The first-order valence-electron chi connectivity index (χ1n) is 12.3. The second kappa shape index (κ2) is 9.58. The Morgan fingerprint density at radius 1 is 0.588 bits per heavy atom. The van der Waals surface area contributed by atoms with E-state index in [4.69, 9.17) is 0 Å². The average Bonchev–Trinajstić information content (AvgIpc) is 3.64. The van der Waals surface area contributed by atoms with Crippen molar-refractivity contribution in [1.29, 1.82) is 0 Å². The Labute approximate surface area is 217 Å². The fourth-order valence-corrected chi connectivity index (χ4v) is 9.45. The molecule has 4 heterocycles. The maximum atomic E-state index is 2.41. The maximum Gasteiger partial charge on any atom is 0.0474 e. The lowest BCUT2D eigenvalue weighted by molar-refractivity contribution is 0.798. The number of benzene rings is 2. The van der Waals surface area contributed by atoms with Crippen LogP contribution in [0.15, 0.2) is 59.3 Å². The van der Waals surface area contributed by atoms with Crippen LogP contribution >= 0.6 is 45.3 Å². The van der Waals surface area contributed by atoms with Crippen molar-refractivity contribution in [3.63, 3.8) is 0 Å². The number of fused-ring (bicyclic) bond motifs is 5. The van der Waals surface area contributed by atoms with E-state index in [2.05, 4.69) is 73.1 Å². The van der Waals surface area contributed by atoms with E-state index in [1.165, 1.54) is 100 Å². The highest BCUT2D eigenvalue weighted by molar-refractivity contribution is 7.27. The second-order valence-electron chi connectivity index (χ2n) is 9.04. The molecule has 4 aromatic heterocycles. The molecule has 0 bridgehead atoms. The number of hydrogen-bond donors (Lipinski definition) is 0. The molecule has 0 aliphatic carbocycles. The minimum absolute atomic E-state index is 1.19. The highest BCUT2D eigenvalue weighted by Crippen LogP contribution is 2.45. The normalized spacial score (nSPS) is 11.9. The molecule has 0 spiro atoms. The zero-order valence-electron chi connectivity index (χ0n) is 19.6. The molecular weight excluding hydrogens is 489 g/mol. The predicted molar refractivity (Wildman–Crippen MR) is 159 cm³/mol. The Bertz CT molecular complexity index is 1470. The van der Waals surface area contributed by atoms with Gasteiger partial charge in [-0.2, -0.15) is 0 Å². The summed E-state index contributed by atoms with van der Waals surface area (Å²) in [7, 11) is 0. The molecule has 0 saturated carbocycles. The van der Waals surface area contributed by atoms with Crippen LogP contribution in [0, 0.1) is 0 Å². The van der Waals surface area contributed by atoms with Crippen molar-refractivity contribution in [3.05, 3.63) is 70.4 Å². The Kier molecular flexibility index (Phi) is 6.33. The summed E-state index contributed by atoms with van der Waals surface area (Å²) < 4.78 is 2.86. The highest BCUT2D eigenvalue weighted by atomic mass is 32.1. The van der Waals surface area contributed by atoms with Gasteiger partial charge in [0.1, 0.15) is 0 Å². The zero-order chi connectivity index (χ0) is 23.1. The van der Waals surface area contributed by atoms with Crippen LogP contribution in [0.4, 0.5) is 0 Å². The summed E-state index contributed by atoms with van der Waals surface area (Å²) in [6.45, 7) is 4.55. The van der Waals surface area contributed by atoms with E-state index in [1.807, 2.05) is 45.3 Å².